The molecule has 8 nitrogen and oxygen atoms in total. The number of carbonyl (C=O) groups is 2. The third-order valence-corrected chi connectivity index (χ3v) is 5.94. The van der Waals surface area contributed by atoms with Gasteiger partial charge in [-0.2, -0.15) is 0 Å². The van der Waals surface area contributed by atoms with Crippen molar-refractivity contribution in [3.8, 4) is 11.4 Å². The van der Waals surface area contributed by atoms with E-state index in [1.807, 2.05) is 37.3 Å². The molecule has 1 N–H and O–H groups in total. The second kappa shape index (κ2) is 9.52. The minimum atomic E-state index is -0.614. The molecule has 0 radical (unpaired) electrons. The second-order valence-corrected chi connectivity index (χ2v) is 9.76. The van der Waals surface area contributed by atoms with Crippen LogP contribution in [-0.2, 0) is 20.8 Å². The normalized spacial score (nSPS) is 13.2. The Bertz CT molecular complexity index is 1350. The Balaban J connectivity index is 1.53. The summed E-state index contributed by atoms with van der Waals surface area (Å²) in [6, 6.07) is 11.9. The highest BCUT2D eigenvalue weighted by atomic mass is 16.6. The van der Waals surface area contributed by atoms with Gasteiger partial charge in [-0.1, -0.05) is 25.1 Å². The molecule has 1 aliphatic heterocycles. The number of aromatic nitrogens is 2. The Morgan fingerprint density at radius 1 is 1.20 bits per heavy atom. The number of hydrogen-bond donors (Lipinski definition) is 1. The summed E-state index contributed by atoms with van der Waals surface area (Å²) in [6.07, 6.45) is -0.659. The van der Waals surface area contributed by atoms with Gasteiger partial charge in [-0.15, -0.1) is 0 Å². The molecular weight excluding hydrogens is 446 g/mol. The van der Waals surface area contributed by atoms with Gasteiger partial charge in [-0.25, -0.2) is 9.78 Å². The molecular formula is C27H31N3O5. The van der Waals surface area contributed by atoms with Gasteiger partial charge in [0, 0.05) is 28.6 Å². The number of nitrogens with one attached hydrogen (secondary N) is 1. The molecule has 3 heterocycles. The molecule has 1 amide bonds. The van der Waals surface area contributed by atoms with Gasteiger partial charge in [0.05, 0.1) is 29.9 Å². The van der Waals surface area contributed by atoms with Gasteiger partial charge in [-0.3, -0.25) is 9.59 Å². The zero-order chi connectivity index (χ0) is 25.3. The topological polar surface area (TPSA) is 99.5 Å². The average molecular weight is 478 g/mol. The van der Waals surface area contributed by atoms with E-state index in [1.165, 1.54) is 0 Å². The van der Waals surface area contributed by atoms with Crippen molar-refractivity contribution >= 4 is 23.0 Å². The van der Waals surface area contributed by atoms with Crippen molar-refractivity contribution < 1.29 is 19.1 Å². The summed E-state index contributed by atoms with van der Waals surface area (Å²) in [5.41, 5.74) is 3.89. The number of benzene rings is 1. The van der Waals surface area contributed by atoms with Gasteiger partial charge in [0.25, 0.3) is 5.56 Å². The Labute approximate surface area is 204 Å². The molecule has 0 saturated heterocycles. The number of hydrogen-bond acceptors (Lipinski definition) is 6. The largest absolute Gasteiger partial charge is 0.457 e. The molecule has 0 spiro atoms. The van der Waals surface area contributed by atoms with E-state index in [0.29, 0.717) is 24.1 Å². The van der Waals surface area contributed by atoms with Crippen LogP contribution in [0.25, 0.3) is 22.3 Å². The molecule has 0 bridgehead atoms. The second-order valence-electron chi connectivity index (χ2n) is 9.76. The SMILES string of the molecule is CCC(OC(=O)CCNC(=O)OC(C)(C)C)c1cc2n(c(=O)c1C)Cc1cc3ccccc3nc1-2. The number of para-hydroxylation sites is 1. The summed E-state index contributed by atoms with van der Waals surface area (Å²) < 4.78 is 12.6. The molecule has 1 atom stereocenters. The van der Waals surface area contributed by atoms with E-state index >= 15 is 0 Å². The fraction of sp³-hybridized carbons (Fsp3) is 0.407. The van der Waals surface area contributed by atoms with Crippen LogP contribution in [0.3, 0.4) is 0 Å². The zero-order valence-corrected chi connectivity index (χ0v) is 20.8. The van der Waals surface area contributed by atoms with E-state index in [0.717, 1.165) is 27.9 Å². The molecule has 0 fully saturated rings. The van der Waals surface area contributed by atoms with E-state index in [9.17, 15) is 14.4 Å². The molecule has 3 aromatic rings. The lowest BCUT2D eigenvalue weighted by molar-refractivity contribution is -0.149. The first-order valence-electron chi connectivity index (χ1n) is 11.9. The lowest BCUT2D eigenvalue weighted by atomic mass is 10.0. The predicted molar refractivity (Wildman–Crippen MR) is 133 cm³/mol. The van der Waals surface area contributed by atoms with Gasteiger partial charge < -0.3 is 19.4 Å². The lowest BCUT2D eigenvalue weighted by Crippen LogP contribution is -2.33. The molecule has 35 heavy (non-hydrogen) atoms. The summed E-state index contributed by atoms with van der Waals surface area (Å²) in [6.45, 7) is 9.54. The monoisotopic (exact) mass is 477 g/mol. The Morgan fingerprint density at radius 3 is 2.66 bits per heavy atom. The number of nitrogens with zero attached hydrogens (tertiary/aromatic N) is 2. The molecule has 0 aliphatic carbocycles. The van der Waals surface area contributed by atoms with E-state index in [1.54, 1.807) is 32.3 Å². The highest BCUT2D eigenvalue weighted by Crippen LogP contribution is 2.34. The number of rotatable bonds is 6. The van der Waals surface area contributed by atoms with Crippen molar-refractivity contribution in [2.45, 2.75) is 65.7 Å². The zero-order valence-electron chi connectivity index (χ0n) is 20.8. The quantitative estimate of drug-likeness (QED) is 0.406. The van der Waals surface area contributed by atoms with Crippen LogP contribution >= 0.6 is 0 Å². The van der Waals surface area contributed by atoms with Crippen molar-refractivity contribution in [1.82, 2.24) is 14.9 Å². The fourth-order valence-electron chi connectivity index (χ4n) is 4.29. The number of alkyl carbamates (subject to hydrolysis) is 1. The molecule has 1 unspecified atom stereocenters. The van der Waals surface area contributed by atoms with Crippen LogP contribution in [0.15, 0.2) is 41.2 Å². The van der Waals surface area contributed by atoms with E-state index < -0.39 is 23.8 Å². The fourth-order valence-corrected chi connectivity index (χ4v) is 4.29. The van der Waals surface area contributed by atoms with Crippen LogP contribution in [0.2, 0.25) is 0 Å². The maximum Gasteiger partial charge on any atom is 0.407 e. The average Bonchev–Trinajstić information content (AvgIpc) is 3.14. The molecule has 184 valence electrons. The van der Waals surface area contributed by atoms with Crippen LogP contribution in [0.5, 0.6) is 0 Å². The summed E-state index contributed by atoms with van der Waals surface area (Å²) in [5.74, 6) is -0.461. The van der Waals surface area contributed by atoms with Crippen LogP contribution in [0, 0.1) is 6.92 Å². The molecule has 2 aromatic heterocycles. The number of ether oxygens (including phenoxy) is 2. The Kier molecular flexibility index (Phi) is 6.65. The van der Waals surface area contributed by atoms with Gasteiger partial charge in [0.15, 0.2) is 0 Å². The number of amides is 1. The van der Waals surface area contributed by atoms with Gasteiger partial charge in [0.1, 0.15) is 11.7 Å². The van der Waals surface area contributed by atoms with Crippen LogP contribution in [0.4, 0.5) is 4.79 Å². The molecule has 8 heteroatoms. The number of esters is 1. The lowest BCUT2D eigenvalue weighted by Gasteiger charge is -2.21. The molecule has 1 aliphatic rings. The van der Waals surface area contributed by atoms with E-state index in [2.05, 4.69) is 11.4 Å². The van der Waals surface area contributed by atoms with Crippen molar-refractivity contribution in [1.29, 1.82) is 0 Å². The summed E-state index contributed by atoms with van der Waals surface area (Å²) in [7, 11) is 0. The van der Waals surface area contributed by atoms with Crippen LogP contribution in [-0.4, -0.2) is 33.8 Å². The summed E-state index contributed by atoms with van der Waals surface area (Å²) >= 11 is 0. The molecule has 0 saturated carbocycles. The highest BCUT2D eigenvalue weighted by molar-refractivity contribution is 5.84. The Morgan fingerprint density at radius 2 is 1.94 bits per heavy atom. The van der Waals surface area contributed by atoms with Crippen molar-refractivity contribution in [2.24, 2.45) is 0 Å². The molecule has 4 rings (SSSR count). The van der Waals surface area contributed by atoms with Gasteiger partial charge in [-0.05, 0) is 52.3 Å². The first kappa shape index (κ1) is 24.4. The smallest absolute Gasteiger partial charge is 0.407 e. The van der Waals surface area contributed by atoms with E-state index in [4.69, 9.17) is 14.5 Å². The maximum atomic E-state index is 13.2. The summed E-state index contributed by atoms with van der Waals surface area (Å²) in [4.78, 5) is 42.4. The standard InChI is InChI=1S/C27H31N3O5/c1-6-22(34-23(31)11-12-28-26(33)35-27(3,4)5)19-14-21-24-18(15-30(21)25(32)16(19)2)13-17-9-7-8-10-20(17)29-24/h7-10,13-14,22H,6,11-12,15H2,1-5H3,(H,28,33). The number of fused-ring (bicyclic) bond motifs is 4. The van der Waals surface area contributed by atoms with Crippen LogP contribution in [0.1, 0.15) is 63.3 Å². The highest BCUT2D eigenvalue weighted by Gasteiger charge is 2.27. The minimum Gasteiger partial charge on any atom is -0.457 e. The third kappa shape index (κ3) is 5.21. The third-order valence-electron chi connectivity index (χ3n) is 5.94. The van der Waals surface area contributed by atoms with E-state index in [-0.39, 0.29) is 18.5 Å². The van der Waals surface area contributed by atoms with Crippen molar-refractivity contribution in [3.63, 3.8) is 0 Å². The van der Waals surface area contributed by atoms with Crippen molar-refractivity contribution in [2.75, 3.05) is 6.54 Å². The maximum absolute atomic E-state index is 13.2. The number of carbonyl (C=O) groups excluding carboxylic acids is 2. The molecule has 1 aromatic carbocycles. The first-order chi connectivity index (χ1) is 16.6. The predicted octanol–water partition coefficient (Wildman–Crippen LogP) is 4.64. The van der Waals surface area contributed by atoms with Gasteiger partial charge >= 0.3 is 12.1 Å². The first-order valence-corrected chi connectivity index (χ1v) is 11.9. The number of pyridine rings is 2. The summed E-state index contributed by atoms with van der Waals surface area (Å²) in [5, 5.41) is 3.59. The van der Waals surface area contributed by atoms with Gasteiger partial charge in [0.2, 0.25) is 0 Å². The minimum absolute atomic E-state index is 0.00487. The Hall–Kier alpha value is -3.68. The van der Waals surface area contributed by atoms with Crippen molar-refractivity contribution in [3.05, 3.63) is 63.4 Å². The van der Waals surface area contributed by atoms with Crippen LogP contribution < -0.4 is 10.9 Å².